The minimum atomic E-state index is -5.41. The monoisotopic (exact) mass is 409 g/mol. The van der Waals surface area contributed by atoms with Crippen molar-refractivity contribution in [3.05, 3.63) is 58.5 Å². The van der Waals surface area contributed by atoms with Gasteiger partial charge in [0.1, 0.15) is 13.6 Å². The predicted molar refractivity (Wildman–Crippen MR) is 84.7 cm³/mol. The van der Waals surface area contributed by atoms with E-state index in [0.29, 0.717) is 11.3 Å². The van der Waals surface area contributed by atoms with E-state index in [-0.39, 0.29) is 75.8 Å². The van der Waals surface area contributed by atoms with Crippen LogP contribution in [0.2, 0.25) is 0 Å². The Morgan fingerprint density at radius 1 is 1.11 bits per heavy atom. The molecule has 7 nitrogen and oxygen atoms in total. The second-order valence-corrected chi connectivity index (χ2v) is 6.19. The summed E-state index contributed by atoms with van der Waals surface area (Å²) in [4.78, 5) is 37.4. The molecule has 3 rings (SSSR count). The van der Waals surface area contributed by atoms with E-state index in [1.54, 1.807) is 6.07 Å². The molecule has 0 radical (unpaired) electrons. The summed E-state index contributed by atoms with van der Waals surface area (Å²) in [7, 11) is -4.17. The summed E-state index contributed by atoms with van der Waals surface area (Å²) in [6.07, 6.45) is 0. The van der Waals surface area contributed by atoms with Crippen LogP contribution in [0.5, 0.6) is 11.5 Å². The third kappa shape index (κ3) is 5.67. The Balaban J connectivity index is 0.00000182. The molecule has 1 N–H and O–H groups in total. The number of nitrogens with one attached hydrogen (secondary N) is 1. The Bertz CT molecular complexity index is 1070. The van der Waals surface area contributed by atoms with Crippen LogP contribution >= 0.6 is 7.82 Å². The average Bonchev–Trinajstić information content (AvgIpc) is 2.53. The molecule has 0 saturated heterocycles. The zero-order valence-corrected chi connectivity index (χ0v) is 19.7. The fourth-order valence-corrected chi connectivity index (χ4v) is 2.88. The van der Waals surface area contributed by atoms with Gasteiger partial charge in [0.2, 0.25) is 0 Å². The fraction of sp³-hybridized carbons (Fsp3) is 0.0625. The van der Waals surface area contributed by atoms with E-state index in [9.17, 15) is 23.5 Å². The van der Waals surface area contributed by atoms with Crippen molar-refractivity contribution in [2.24, 2.45) is 0 Å². The Morgan fingerprint density at radius 2 is 1.81 bits per heavy atom. The van der Waals surface area contributed by atoms with Gasteiger partial charge < -0.3 is 28.6 Å². The first-order chi connectivity index (χ1) is 11.8. The van der Waals surface area contributed by atoms with Gasteiger partial charge >= 0.3 is 59.1 Å². The van der Waals surface area contributed by atoms with Crippen molar-refractivity contribution in [2.45, 2.75) is 0 Å². The predicted octanol–water partition coefficient (Wildman–Crippen LogP) is -4.44. The number of hydrogen-bond acceptors (Lipinski definition) is 6. The first kappa shape index (κ1) is 24.4. The molecule has 0 unspecified atom stereocenters. The normalized spacial score (nSPS) is 10.7. The van der Waals surface area contributed by atoms with Gasteiger partial charge in [-0.25, -0.2) is 4.39 Å². The molecule has 0 saturated carbocycles. The van der Waals surface area contributed by atoms with Crippen LogP contribution in [-0.4, -0.2) is 12.1 Å². The summed E-state index contributed by atoms with van der Waals surface area (Å²) < 4.78 is 33.8. The average molecular weight is 409 g/mol. The maximum absolute atomic E-state index is 13.4. The van der Waals surface area contributed by atoms with Gasteiger partial charge in [0, 0.05) is 17.3 Å². The van der Waals surface area contributed by atoms with Crippen molar-refractivity contribution in [2.75, 3.05) is 7.11 Å². The Morgan fingerprint density at radius 3 is 2.41 bits per heavy atom. The third-order valence-corrected chi connectivity index (χ3v) is 3.88. The van der Waals surface area contributed by atoms with E-state index in [2.05, 4.69) is 9.51 Å². The van der Waals surface area contributed by atoms with Gasteiger partial charge in [-0.05, 0) is 24.3 Å². The summed E-state index contributed by atoms with van der Waals surface area (Å²) in [6, 6.07) is 9.56. The molecule has 2 aromatic carbocycles. The smallest absolute Gasteiger partial charge is 0.780 e. The summed E-state index contributed by atoms with van der Waals surface area (Å²) in [5, 5.41) is -0.161. The topological polar surface area (TPSA) is 115 Å². The zero-order valence-electron chi connectivity index (χ0n) is 14.8. The van der Waals surface area contributed by atoms with Crippen molar-refractivity contribution in [3.8, 4) is 22.8 Å². The van der Waals surface area contributed by atoms with Gasteiger partial charge in [0.25, 0.3) is 0 Å². The number of phosphoric acid groups is 1. The molecule has 0 atom stereocenters. The fourth-order valence-electron chi connectivity index (χ4n) is 2.47. The van der Waals surface area contributed by atoms with Gasteiger partial charge in [-0.3, -0.25) is 4.79 Å². The molecule has 0 aliphatic rings. The number of benzene rings is 2. The number of halogens is 1. The molecule has 0 spiro atoms. The Labute approximate surface area is 197 Å². The molecule has 130 valence electrons. The van der Waals surface area contributed by atoms with Gasteiger partial charge in [-0.1, -0.05) is 12.1 Å². The largest absolute Gasteiger partial charge is 1.00 e. The summed E-state index contributed by atoms with van der Waals surface area (Å²) >= 11 is 0. The molecule has 3 aromatic rings. The molecule has 0 fully saturated rings. The maximum Gasteiger partial charge on any atom is 1.00 e. The number of rotatable bonds is 4. The maximum atomic E-state index is 13.4. The number of aromatic amines is 1. The number of H-pyrrole nitrogens is 1. The van der Waals surface area contributed by atoms with Crippen LogP contribution in [0.25, 0.3) is 22.2 Å². The Hall–Kier alpha value is -0.670. The summed E-state index contributed by atoms with van der Waals surface area (Å²) in [5.41, 5.74) is 0.336. The third-order valence-electron chi connectivity index (χ3n) is 3.47. The quantitative estimate of drug-likeness (QED) is 0.344. The van der Waals surface area contributed by atoms with Crippen molar-refractivity contribution in [3.63, 3.8) is 0 Å². The molecular weight excluding hydrogens is 398 g/mol. The van der Waals surface area contributed by atoms with Crippen LogP contribution in [0.4, 0.5) is 4.39 Å². The first-order valence-corrected chi connectivity index (χ1v) is 8.46. The van der Waals surface area contributed by atoms with Crippen molar-refractivity contribution >= 4 is 18.7 Å². The zero-order chi connectivity index (χ0) is 18.2. The van der Waals surface area contributed by atoms with Crippen molar-refractivity contribution in [1.29, 1.82) is 0 Å². The van der Waals surface area contributed by atoms with Crippen molar-refractivity contribution in [1.82, 2.24) is 4.98 Å². The van der Waals surface area contributed by atoms with Crippen molar-refractivity contribution < 1.29 is 87.1 Å². The molecule has 0 bridgehead atoms. The molecule has 0 amide bonds. The van der Waals surface area contributed by atoms with E-state index in [1.165, 1.54) is 37.4 Å². The van der Waals surface area contributed by atoms with Gasteiger partial charge in [-0.15, -0.1) is 0 Å². The summed E-state index contributed by atoms with van der Waals surface area (Å²) in [6.45, 7) is 0. The molecule has 11 heteroatoms. The molecule has 0 aliphatic carbocycles. The number of fused-ring (bicyclic) bond motifs is 1. The molecule has 0 aliphatic heterocycles. The molecule has 27 heavy (non-hydrogen) atoms. The second kappa shape index (κ2) is 9.69. The number of aromatic nitrogens is 1. The van der Waals surface area contributed by atoms with Gasteiger partial charge in [0.05, 0.1) is 18.0 Å². The molecular formula is C16H11FNNa2O6P. The van der Waals surface area contributed by atoms with Crippen LogP contribution < -0.4 is 83.6 Å². The number of pyridine rings is 1. The number of phosphoric ester groups is 1. The van der Waals surface area contributed by atoms with E-state index in [4.69, 9.17) is 4.74 Å². The van der Waals surface area contributed by atoms with Gasteiger partial charge in [0.15, 0.2) is 16.9 Å². The van der Waals surface area contributed by atoms with E-state index in [1.807, 2.05) is 0 Å². The SMILES string of the molecule is COc1ccc2[nH]c(-c3cccc(F)c3)cc(=O)c2c1OP(=O)([O-])[O-].[Na+].[Na+]. The van der Waals surface area contributed by atoms with Crippen LogP contribution in [0, 0.1) is 5.82 Å². The minimum absolute atomic E-state index is 0. The number of methoxy groups -OCH3 is 1. The molecule has 1 heterocycles. The van der Waals surface area contributed by atoms with Crippen LogP contribution in [0.3, 0.4) is 0 Å². The van der Waals surface area contributed by atoms with Gasteiger partial charge in [-0.2, -0.15) is 0 Å². The number of ether oxygens (including phenoxy) is 1. The van der Waals surface area contributed by atoms with Crippen LogP contribution in [-0.2, 0) is 4.57 Å². The minimum Gasteiger partial charge on any atom is -0.780 e. The van der Waals surface area contributed by atoms with E-state index >= 15 is 0 Å². The Kier molecular flexibility index (Phi) is 8.75. The number of hydrogen-bond donors (Lipinski definition) is 1. The second-order valence-electron chi connectivity index (χ2n) is 5.12. The standard InChI is InChI=1S/C16H13FNO6P.2Na/c1-23-14-6-5-11-15(16(14)24-25(20,21)22)13(19)8-12(18-11)9-3-2-4-10(17)7-9;;/h2-8H,1H3,(H,18,19)(H2,20,21,22);;/q;2*+1/p-2. The summed E-state index contributed by atoms with van der Waals surface area (Å²) in [5.74, 6) is -1.04. The van der Waals surface area contributed by atoms with E-state index < -0.39 is 24.8 Å². The first-order valence-electron chi connectivity index (χ1n) is 7.00. The van der Waals surface area contributed by atoms with E-state index in [0.717, 1.165) is 6.07 Å². The van der Waals surface area contributed by atoms with Crippen LogP contribution in [0.1, 0.15) is 0 Å². The van der Waals surface area contributed by atoms with Crippen LogP contribution in [0.15, 0.2) is 47.3 Å². The molecule has 1 aromatic heterocycles.